The molecule has 2 fully saturated rings. The van der Waals surface area contributed by atoms with Gasteiger partial charge in [-0.25, -0.2) is 0 Å². The molecule has 0 atom stereocenters. The number of benzene rings is 2. The first-order valence-corrected chi connectivity index (χ1v) is 16.6. The van der Waals surface area contributed by atoms with Crippen molar-refractivity contribution in [3.8, 4) is 23.0 Å². The Balaban J connectivity index is 1.32. The Hall–Kier alpha value is -1.50. The van der Waals surface area contributed by atoms with Gasteiger partial charge in [-0.2, -0.15) is 0 Å². The third kappa shape index (κ3) is 6.79. The van der Waals surface area contributed by atoms with Gasteiger partial charge in [0.05, 0.1) is 0 Å². The van der Waals surface area contributed by atoms with Gasteiger partial charge in [0.25, 0.3) is 0 Å². The molecule has 0 aromatic heterocycles. The van der Waals surface area contributed by atoms with E-state index < -0.39 is 0 Å². The Bertz CT molecular complexity index is 733. The van der Waals surface area contributed by atoms with Gasteiger partial charge in [0.15, 0.2) is 0 Å². The Morgan fingerprint density at radius 3 is 0.941 bits per heavy atom. The molecule has 0 unspecified atom stereocenters. The van der Waals surface area contributed by atoms with Crippen LogP contribution in [0.15, 0.2) is 48.5 Å². The van der Waals surface area contributed by atoms with Crippen LogP contribution in [-0.2, 0) is 0 Å². The van der Waals surface area contributed by atoms with Gasteiger partial charge < -0.3 is 18.9 Å². The molecular weight excluding hydrogens is 462 g/mol. The summed E-state index contributed by atoms with van der Waals surface area (Å²) < 4.78 is 25.2. The number of hydrogen-bond acceptors (Lipinski definition) is 4. The molecule has 0 amide bonds. The van der Waals surface area contributed by atoms with Gasteiger partial charge in [-0.1, -0.05) is 38.5 Å². The highest BCUT2D eigenvalue weighted by atomic mass is 31.1. The monoisotopic (exact) mass is 500 g/mol. The Labute approximate surface area is 207 Å². The van der Waals surface area contributed by atoms with Gasteiger partial charge >= 0.3 is 0 Å². The van der Waals surface area contributed by atoms with Gasteiger partial charge in [-0.3, -0.25) is 0 Å². The number of hydrogen-bond donors (Lipinski definition) is 0. The molecule has 6 heteroatoms. The molecule has 4 nitrogen and oxygen atoms in total. The molecule has 2 saturated carbocycles. The van der Waals surface area contributed by atoms with Gasteiger partial charge in [0.1, 0.15) is 48.4 Å². The first kappa shape index (κ1) is 24.2. The average Bonchev–Trinajstić information content (AvgIpc) is 2.91. The highest BCUT2D eigenvalue weighted by Crippen LogP contribution is 2.49. The maximum absolute atomic E-state index is 6.29. The summed E-state index contributed by atoms with van der Waals surface area (Å²) in [5.74, 6) is 3.72. The lowest BCUT2D eigenvalue weighted by Crippen LogP contribution is -2.18. The molecule has 2 aromatic carbocycles. The molecule has 34 heavy (non-hydrogen) atoms. The lowest BCUT2D eigenvalue weighted by molar-refractivity contribution is 0.347. The van der Waals surface area contributed by atoms with Crippen LogP contribution in [0.4, 0.5) is 0 Å². The minimum Gasteiger partial charge on any atom is -0.489 e. The molecule has 0 spiro atoms. The largest absolute Gasteiger partial charge is 0.489 e. The van der Waals surface area contributed by atoms with Crippen molar-refractivity contribution in [2.45, 2.75) is 75.5 Å². The molecule has 0 saturated heterocycles. The summed E-state index contributed by atoms with van der Waals surface area (Å²) in [6.07, 6.45) is 16.4. The highest BCUT2D eigenvalue weighted by molar-refractivity contribution is 7.58. The van der Waals surface area contributed by atoms with Gasteiger partial charge in [0, 0.05) is 0 Å². The van der Waals surface area contributed by atoms with Crippen LogP contribution < -0.4 is 18.9 Å². The van der Waals surface area contributed by atoms with E-state index in [1.807, 2.05) is 0 Å². The normalized spacial score (nSPS) is 25.3. The first-order valence-electron chi connectivity index (χ1n) is 13.0. The van der Waals surface area contributed by atoms with E-state index in [2.05, 4.69) is 48.5 Å². The van der Waals surface area contributed by atoms with Crippen LogP contribution in [0.2, 0.25) is 0 Å². The first-order chi connectivity index (χ1) is 16.8. The summed E-state index contributed by atoms with van der Waals surface area (Å²) in [5.41, 5.74) is 1.47. The number of ether oxygens (including phenoxy) is 4. The summed E-state index contributed by atoms with van der Waals surface area (Å²) in [5, 5.41) is 0. The molecule has 4 heterocycles. The van der Waals surface area contributed by atoms with Crippen molar-refractivity contribution in [2.24, 2.45) is 0 Å². The molecule has 6 aliphatic rings. The third-order valence-corrected chi connectivity index (χ3v) is 12.4. The standard InChI is InChI=1S/C28H38O4P2/c1-3-7-27(8-4-1)33-19-29-23-11-15-25(16-12-23)31-21-34(28-9-5-2-6-10-28)22-32-26-17-13-24(14-18-26)30-20-33/h11-18,27-28H,1-10,19-22H2. The van der Waals surface area contributed by atoms with Crippen LogP contribution in [0, 0.1) is 0 Å². The second-order valence-corrected chi connectivity index (χ2v) is 14.6. The highest BCUT2D eigenvalue weighted by Gasteiger charge is 2.26. The molecule has 2 aliphatic carbocycles. The fraction of sp³-hybridized carbons (Fsp3) is 0.571. The average molecular weight is 501 g/mol. The van der Waals surface area contributed by atoms with E-state index in [1.54, 1.807) is 0 Å². The van der Waals surface area contributed by atoms with Crippen LogP contribution >= 0.6 is 15.8 Å². The summed E-state index contributed by atoms with van der Waals surface area (Å²) in [7, 11) is -0.717. The third-order valence-electron chi connectivity index (χ3n) is 7.42. The zero-order valence-corrected chi connectivity index (χ0v) is 22.0. The van der Waals surface area contributed by atoms with Gasteiger partial charge in [-0.15, -0.1) is 0 Å². The predicted octanol–water partition coefficient (Wildman–Crippen LogP) is 8.37. The molecule has 0 radical (unpaired) electrons. The maximum atomic E-state index is 6.29. The van der Waals surface area contributed by atoms with Crippen LogP contribution in [0.1, 0.15) is 64.2 Å². The van der Waals surface area contributed by atoms with E-state index >= 15 is 0 Å². The molecule has 4 aliphatic heterocycles. The lowest BCUT2D eigenvalue weighted by Gasteiger charge is -2.31. The van der Waals surface area contributed by atoms with Crippen molar-refractivity contribution >= 4 is 15.8 Å². The van der Waals surface area contributed by atoms with E-state index in [0.29, 0.717) is 0 Å². The van der Waals surface area contributed by atoms with E-state index in [1.165, 1.54) is 64.2 Å². The van der Waals surface area contributed by atoms with Gasteiger partial charge in [-0.05, 0) is 101 Å². The van der Waals surface area contributed by atoms with E-state index in [9.17, 15) is 0 Å². The second-order valence-electron chi connectivity index (χ2n) is 9.80. The summed E-state index contributed by atoms with van der Waals surface area (Å²) >= 11 is 0. The maximum Gasteiger partial charge on any atom is 0.120 e. The van der Waals surface area contributed by atoms with Crippen LogP contribution in [0.3, 0.4) is 0 Å². The van der Waals surface area contributed by atoms with Gasteiger partial charge in [0.2, 0.25) is 0 Å². The van der Waals surface area contributed by atoms with Crippen LogP contribution in [-0.4, -0.2) is 36.7 Å². The van der Waals surface area contributed by atoms with Crippen molar-refractivity contribution in [3.05, 3.63) is 48.5 Å². The Morgan fingerprint density at radius 1 is 0.412 bits per heavy atom. The van der Waals surface area contributed by atoms with E-state index in [-0.39, 0.29) is 15.8 Å². The second kappa shape index (κ2) is 12.5. The topological polar surface area (TPSA) is 36.9 Å². The quantitative estimate of drug-likeness (QED) is 0.388. The smallest absolute Gasteiger partial charge is 0.120 e. The molecule has 2 aromatic rings. The molecule has 8 rings (SSSR count). The van der Waals surface area contributed by atoms with Crippen LogP contribution in [0.25, 0.3) is 0 Å². The Morgan fingerprint density at radius 2 is 0.676 bits per heavy atom. The Kier molecular flexibility index (Phi) is 8.87. The molecule has 4 bridgehead atoms. The zero-order valence-electron chi connectivity index (χ0n) is 20.2. The SMILES string of the molecule is c1cc2ccc1OCP(C1CCCCC1)COc1ccc(cc1)OCP(C1CCCCC1)CO2. The van der Waals surface area contributed by atoms with Crippen molar-refractivity contribution in [2.75, 3.05) is 25.4 Å². The van der Waals surface area contributed by atoms with E-state index in [0.717, 1.165) is 59.7 Å². The minimum atomic E-state index is -0.359. The van der Waals surface area contributed by atoms with Crippen molar-refractivity contribution in [1.82, 2.24) is 0 Å². The fourth-order valence-electron chi connectivity index (χ4n) is 5.28. The summed E-state index contributed by atoms with van der Waals surface area (Å²) in [4.78, 5) is 0. The molecular formula is C28H38O4P2. The predicted molar refractivity (Wildman–Crippen MR) is 142 cm³/mol. The molecule has 184 valence electrons. The zero-order chi connectivity index (χ0) is 23.0. The molecule has 0 N–H and O–H groups in total. The van der Waals surface area contributed by atoms with E-state index in [4.69, 9.17) is 18.9 Å². The fourth-order valence-corrected chi connectivity index (χ4v) is 9.73. The van der Waals surface area contributed by atoms with Crippen molar-refractivity contribution in [3.63, 3.8) is 0 Å². The van der Waals surface area contributed by atoms with Crippen molar-refractivity contribution < 1.29 is 18.9 Å². The lowest BCUT2D eigenvalue weighted by atomic mass is 10.0. The number of rotatable bonds is 2. The minimum absolute atomic E-state index is 0.359. The summed E-state index contributed by atoms with van der Waals surface area (Å²) in [6.45, 7) is 0. The summed E-state index contributed by atoms with van der Waals surface area (Å²) in [6, 6.07) is 16.5. The van der Waals surface area contributed by atoms with Crippen LogP contribution in [0.5, 0.6) is 23.0 Å². The van der Waals surface area contributed by atoms with Crippen molar-refractivity contribution in [1.29, 1.82) is 0 Å².